The van der Waals surface area contributed by atoms with Crippen molar-refractivity contribution in [1.82, 2.24) is 0 Å². The lowest BCUT2D eigenvalue weighted by atomic mass is 9.93. The third kappa shape index (κ3) is 1.75. The molecular formula is C11H12O4. The number of ether oxygens (including phenoxy) is 2. The van der Waals surface area contributed by atoms with Gasteiger partial charge in [0.25, 0.3) is 0 Å². The lowest BCUT2D eigenvalue weighted by Crippen LogP contribution is -2.20. The average molecular weight is 208 g/mol. The second-order valence-electron chi connectivity index (χ2n) is 3.43. The number of benzene rings is 1. The highest BCUT2D eigenvalue weighted by Gasteiger charge is 2.27. The molecule has 4 heteroatoms. The highest BCUT2D eigenvalue weighted by molar-refractivity contribution is 5.77. The standard InChI is InChI=1S/C11H12O4/c1-14-7-2-3-10-9(6-7)8(11(12)13)4-5-15-10/h2-3,6,8H,4-5H2,1H3,(H,12,13). The first-order valence-electron chi connectivity index (χ1n) is 4.76. The van der Waals surface area contributed by atoms with Gasteiger partial charge in [0.15, 0.2) is 0 Å². The Labute approximate surface area is 87.4 Å². The molecule has 0 aromatic heterocycles. The minimum atomic E-state index is -0.812. The quantitative estimate of drug-likeness (QED) is 0.802. The fraction of sp³-hybridized carbons (Fsp3) is 0.364. The van der Waals surface area contributed by atoms with E-state index in [9.17, 15) is 4.79 Å². The van der Waals surface area contributed by atoms with Crippen LogP contribution in [0.5, 0.6) is 11.5 Å². The van der Waals surface area contributed by atoms with Crippen molar-refractivity contribution in [1.29, 1.82) is 0 Å². The first kappa shape index (κ1) is 9.83. The molecule has 1 aliphatic rings. The molecular weight excluding hydrogens is 196 g/mol. The molecule has 0 radical (unpaired) electrons. The van der Waals surface area contributed by atoms with Gasteiger partial charge in [0.2, 0.25) is 0 Å². The summed E-state index contributed by atoms with van der Waals surface area (Å²) in [5, 5.41) is 9.05. The maximum absolute atomic E-state index is 11.0. The molecule has 0 fully saturated rings. The summed E-state index contributed by atoms with van der Waals surface area (Å²) in [4.78, 5) is 11.0. The fourth-order valence-corrected chi connectivity index (χ4v) is 1.76. The van der Waals surface area contributed by atoms with Crippen LogP contribution in [-0.4, -0.2) is 24.8 Å². The van der Waals surface area contributed by atoms with Crippen LogP contribution in [0, 0.1) is 0 Å². The van der Waals surface area contributed by atoms with Crippen LogP contribution in [0.4, 0.5) is 0 Å². The van der Waals surface area contributed by atoms with Crippen LogP contribution in [0.25, 0.3) is 0 Å². The molecule has 15 heavy (non-hydrogen) atoms. The Hall–Kier alpha value is -1.71. The molecule has 0 amide bonds. The van der Waals surface area contributed by atoms with Crippen LogP contribution in [0.2, 0.25) is 0 Å². The number of aliphatic carboxylic acids is 1. The van der Waals surface area contributed by atoms with Crippen LogP contribution in [-0.2, 0) is 4.79 Å². The molecule has 1 aromatic rings. The van der Waals surface area contributed by atoms with Crippen LogP contribution in [0.1, 0.15) is 17.9 Å². The van der Waals surface area contributed by atoms with Crippen molar-refractivity contribution < 1.29 is 19.4 Å². The Bertz CT molecular complexity index is 386. The summed E-state index contributed by atoms with van der Waals surface area (Å²) in [7, 11) is 1.56. The Morgan fingerprint density at radius 1 is 1.60 bits per heavy atom. The van der Waals surface area contributed by atoms with Gasteiger partial charge in [-0.2, -0.15) is 0 Å². The van der Waals surface area contributed by atoms with E-state index in [2.05, 4.69) is 0 Å². The van der Waals surface area contributed by atoms with Crippen molar-refractivity contribution in [2.24, 2.45) is 0 Å². The van der Waals surface area contributed by atoms with E-state index in [0.717, 1.165) is 0 Å². The summed E-state index contributed by atoms with van der Waals surface area (Å²) in [6.07, 6.45) is 0.509. The SMILES string of the molecule is COc1ccc2c(c1)C(C(=O)O)CCO2. The molecule has 0 spiro atoms. The second kappa shape index (κ2) is 3.81. The third-order valence-electron chi connectivity index (χ3n) is 2.55. The fourth-order valence-electron chi connectivity index (χ4n) is 1.76. The highest BCUT2D eigenvalue weighted by atomic mass is 16.5. The lowest BCUT2D eigenvalue weighted by molar-refractivity contribution is -0.139. The highest BCUT2D eigenvalue weighted by Crippen LogP contribution is 2.36. The molecule has 80 valence electrons. The van der Waals surface area contributed by atoms with Gasteiger partial charge in [-0.05, 0) is 24.6 Å². The van der Waals surface area contributed by atoms with Crippen molar-refractivity contribution in [3.05, 3.63) is 23.8 Å². The summed E-state index contributed by atoms with van der Waals surface area (Å²) < 4.78 is 10.4. The van der Waals surface area contributed by atoms with Crippen molar-refractivity contribution in [3.8, 4) is 11.5 Å². The molecule has 0 bridgehead atoms. The zero-order chi connectivity index (χ0) is 10.8. The topological polar surface area (TPSA) is 55.8 Å². The predicted molar refractivity (Wildman–Crippen MR) is 53.5 cm³/mol. The molecule has 0 aliphatic carbocycles. The van der Waals surface area contributed by atoms with E-state index in [1.807, 2.05) is 0 Å². The number of hydrogen-bond acceptors (Lipinski definition) is 3. The Kier molecular flexibility index (Phi) is 2.49. The number of hydrogen-bond donors (Lipinski definition) is 1. The van der Waals surface area contributed by atoms with Crippen molar-refractivity contribution in [2.75, 3.05) is 13.7 Å². The van der Waals surface area contributed by atoms with E-state index in [1.54, 1.807) is 25.3 Å². The number of carboxylic acids is 1. The van der Waals surface area contributed by atoms with Gasteiger partial charge >= 0.3 is 5.97 Å². The van der Waals surface area contributed by atoms with Crippen LogP contribution in [0.3, 0.4) is 0 Å². The second-order valence-corrected chi connectivity index (χ2v) is 3.43. The Morgan fingerprint density at radius 3 is 3.07 bits per heavy atom. The van der Waals surface area contributed by atoms with Crippen molar-refractivity contribution in [2.45, 2.75) is 12.3 Å². The number of methoxy groups -OCH3 is 1. The molecule has 1 atom stereocenters. The van der Waals surface area contributed by atoms with Gasteiger partial charge in [0.05, 0.1) is 19.6 Å². The Morgan fingerprint density at radius 2 is 2.40 bits per heavy atom. The van der Waals surface area contributed by atoms with Gasteiger partial charge in [0, 0.05) is 5.56 Å². The smallest absolute Gasteiger partial charge is 0.311 e. The molecule has 4 nitrogen and oxygen atoms in total. The molecule has 1 unspecified atom stereocenters. The van der Waals surface area contributed by atoms with Crippen molar-refractivity contribution in [3.63, 3.8) is 0 Å². The van der Waals surface area contributed by atoms with Crippen LogP contribution < -0.4 is 9.47 Å². The van der Waals surface area contributed by atoms with E-state index in [1.165, 1.54) is 0 Å². The maximum Gasteiger partial charge on any atom is 0.311 e. The molecule has 0 saturated carbocycles. The molecule has 1 aliphatic heterocycles. The molecule has 1 heterocycles. The minimum Gasteiger partial charge on any atom is -0.497 e. The zero-order valence-corrected chi connectivity index (χ0v) is 8.40. The summed E-state index contributed by atoms with van der Waals surface area (Å²) in [6, 6.07) is 5.25. The molecule has 1 aromatic carbocycles. The summed E-state index contributed by atoms with van der Waals surface area (Å²) >= 11 is 0. The number of carbonyl (C=O) groups is 1. The minimum absolute atomic E-state index is 0.455. The average Bonchev–Trinajstić information content (AvgIpc) is 2.27. The maximum atomic E-state index is 11.0. The van der Waals surface area contributed by atoms with E-state index < -0.39 is 11.9 Å². The monoisotopic (exact) mass is 208 g/mol. The van der Waals surface area contributed by atoms with E-state index in [0.29, 0.717) is 30.1 Å². The summed E-state index contributed by atoms with van der Waals surface area (Å²) in [6.45, 7) is 0.455. The number of rotatable bonds is 2. The van der Waals surface area contributed by atoms with E-state index in [-0.39, 0.29) is 0 Å². The largest absolute Gasteiger partial charge is 0.497 e. The van der Waals surface area contributed by atoms with E-state index in [4.69, 9.17) is 14.6 Å². The first-order valence-corrected chi connectivity index (χ1v) is 4.76. The summed E-state index contributed by atoms with van der Waals surface area (Å²) in [5.74, 6) is 0.0107. The normalized spacial score (nSPS) is 18.9. The van der Waals surface area contributed by atoms with Gasteiger partial charge in [-0.15, -0.1) is 0 Å². The van der Waals surface area contributed by atoms with E-state index >= 15 is 0 Å². The molecule has 2 rings (SSSR count). The van der Waals surface area contributed by atoms with Gasteiger partial charge in [-0.1, -0.05) is 0 Å². The molecule has 1 N–H and O–H groups in total. The van der Waals surface area contributed by atoms with Crippen LogP contribution >= 0.6 is 0 Å². The zero-order valence-electron chi connectivity index (χ0n) is 8.40. The van der Waals surface area contributed by atoms with Crippen LogP contribution in [0.15, 0.2) is 18.2 Å². The predicted octanol–water partition coefficient (Wildman–Crippen LogP) is 1.65. The third-order valence-corrected chi connectivity index (χ3v) is 2.55. The van der Waals surface area contributed by atoms with Gasteiger partial charge < -0.3 is 14.6 Å². The lowest BCUT2D eigenvalue weighted by Gasteiger charge is -2.23. The number of fused-ring (bicyclic) bond motifs is 1. The first-order chi connectivity index (χ1) is 7.22. The van der Waals surface area contributed by atoms with Gasteiger partial charge in [0.1, 0.15) is 11.5 Å². The Balaban J connectivity index is 2.43. The van der Waals surface area contributed by atoms with Gasteiger partial charge in [-0.3, -0.25) is 4.79 Å². The summed E-state index contributed by atoms with van der Waals surface area (Å²) in [5.41, 5.74) is 0.702. The molecule has 0 saturated heterocycles. The number of carboxylic acid groups (broad SMARTS) is 1. The van der Waals surface area contributed by atoms with Gasteiger partial charge in [-0.25, -0.2) is 0 Å². The van der Waals surface area contributed by atoms with Crippen molar-refractivity contribution >= 4 is 5.97 Å².